The Balaban J connectivity index is 1.29. The standard InChI is InChI=1S/C28H41NO/c1-18-9-11-22-21(17-18)10-12-24-23(22)15-16-28(3)25(13-14-26(24)28)19(2)29-27(30)20-7-5-4-6-8-20/h4-8,18-19,21-26H,9-17H2,1-3H3,(H,29,30)/t18?,19?,21-,22+,23?,24-,25?,26?,28-/m1/s1. The lowest BCUT2D eigenvalue weighted by atomic mass is 9.49. The molecule has 1 aromatic rings. The molecule has 0 bridgehead atoms. The summed E-state index contributed by atoms with van der Waals surface area (Å²) >= 11 is 0. The largest absolute Gasteiger partial charge is 0.349 e. The van der Waals surface area contributed by atoms with Crippen molar-refractivity contribution < 1.29 is 4.79 Å². The maximum Gasteiger partial charge on any atom is 0.251 e. The fourth-order valence-corrected chi connectivity index (χ4v) is 8.93. The second-order valence-corrected chi connectivity index (χ2v) is 11.7. The highest BCUT2D eigenvalue weighted by Gasteiger charge is 2.57. The van der Waals surface area contributed by atoms with Crippen molar-refractivity contribution in [2.24, 2.45) is 46.8 Å². The molecular formula is C28H41NO. The van der Waals surface area contributed by atoms with Crippen LogP contribution in [0.25, 0.3) is 0 Å². The van der Waals surface area contributed by atoms with Gasteiger partial charge in [0.1, 0.15) is 0 Å². The second-order valence-electron chi connectivity index (χ2n) is 11.7. The first-order chi connectivity index (χ1) is 14.5. The zero-order valence-electron chi connectivity index (χ0n) is 19.3. The van der Waals surface area contributed by atoms with E-state index < -0.39 is 0 Å². The van der Waals surface area contributed by atoms with E-state index in [2.05, 4.69) is 26.1 Å². The zero-order chi connectivity index (χ0) is 20.9. The van der Waals surface area contributed by atoms with Crippen LogP contribution < -0.4 is 5.32 Å². The number of benzene rings is 1. The molecule has 1 aromatic carbocycles. The summed E-state index contributed by atoms with van der Waals surface area (Å²) in [6, 6.07) is 10.00. The highest BCUT2D eigenvalue weighted by Crippen LogP contribution is 2.64. The summed E-state index contributed by atoms with van der Waals surface area (Å²) < 4.78 is 0. The quantitative estimate of drug-likeness (QED) is 0.593. The third kappa shape index (κ3) is 3.43. The summed E-state index contributed by atoms with van der Waals surface area (Å²) in [5.41, 5.74) is 1.21. The van der Waals surface area contributed by atoms with Crippen LogP contribution in [0.2, 0.25) is 0 Å². The molecule has 5 rings (SSSR count). The highest BCUT2D eigenvalue weighted by atomic mass is 16.1. The van der Waals surface area contributed by atoms with Crippen LogP contribution in [0.3, 0.4) is 0 Å². The van der Waals surface area contributed by atoms with Crippen molar-refractivity contribution in [1.82, 2.24) is 5.32 Å². The third-order valence-electron chi connectivity index (χ3n) is 10.3. The molecular weight excluding hydrogens is 366 g/mol. The smallest absolute Gasteiger partial charge is 0.251 e. The minimum Gasteiger partial charge on any atom is -0.349 e. The first-order valence-electron chi connectivity index (χ1n) is 12.8. The van der Waals surface area contributed by atoms with Crippen LogP contribution in [0.15, 0.2) is 30.3 Å². The predicted octanol–water partition coefficient (Wildman–Crippen LogP) is 6.71. The van der Waals surface area contributed by atoms with Gasteiger partial charge >= 0.3 is 0 Å². The lowest BCUT2D eigenvalue weighted by Gasteiger charge is -2.56. The molecule has 0 aliphatic heterocycles. The van der Waals surface area contributed by atoms with Crippen LogP contribution in [-0.2, 0) is 0 Å². The molecule has 2 nitrogen and oxygen atoms in total. The molecule has 1 amide bonds. The highest BCUT2D eigenvalue weighted by molar-refractivity contribution is 5.94. The number of nitrogens with one attached hydrogen (secondary N) is 1. The van der Waals surface area contributed by atoms with Crippen LogP contribution >= 0.6 is 0 Å². The van der Waals surface area contributed by atoms with Crippen molar-refractivity contribution in [2.45, 2.75) is 84.6 Å². The number of fused-ring (bicyclic) bond motifs is 5. The molecule has 0 aromatic heterocycles. The molecule has 1 N–H and O–H groups in total. The third-order valence-corrected chi connectivity index (χ3v) is 10.3. The van der Waals surface area contributed by atoms with Crippen molar-refractivity contribution >= 4 is 5.91 Å². The van der Waals surface area contributed by atoms with E-state index in [9.17, 15) is 4.79 Å². The second kappa shape index (κ2) is 7.99. The molecule has 5 unspecified atom stereocenters. The van der Waals surface area contributed by atoms with Gasteiger partial charge in [0.05, 0.1) is 0 Å². The molecule has 0 saturated heterocycles. The Hall–Kier alpha value is -1.31. The lowest BCUT2D eigenvalue weighted by molar-refractivity contribution is -0.0698. The maximum absolute atomic E-state index is 12.8. The van der Waals surface area contributed by atoms with Crippen molar-refractivity contribution in [3.8, 4) is 0 Å². The van der Waals surface area contributed by atoms with Gasteiger partial charge < -0.3 is 5.32 Å². The monoisotopic (exact) mass is 407 g/mol. The molecule has 30 heavy (non-hydrogen) atoms. The minimum atomic E-state index is 0.0978. The molecule has 164 valence electrons. The Morgan fingerprint density at radius 3 is 2.53 bits per heavy atom. The summed E-state index contributed by atoms with van der Waals surface area (Å²) in [6.45, 7) is 7.34. The van der Waals surface area contributed by atoms with Gasteiger partial charge in [-0.05, 0) is 117 Å². The number of carbonyl (C=O) groups excluding carboxylic acids is 1. The van der Waals surface area contributed by atoms with Gasteiger partial charge in [0.2, 0.25) is 0 Å². The van der Waals surface area contributed by atoms with Gasteiger partial charge in [0, 0.05) is 11.6 Å². The summed E-state index contributed by atoms with van der Waals surface area (Å²) in [5, 5.41) is 3.38. The van der Waals surface area contributed by atoms with Gasteiger partial charge in [0.15, 0.2) is 0 Å². The lowest BCUT2D eigenvalue weighted by Crippen LogP contribution is -2.51. The Morgan fingerprint density at radius 1 is 0.967 bits per heavy atom. The minimum absolute atomic E-state index is 0.0978. The van der Waals surface area contributed by atoms with Crippen molar-refractivity contribution in [2.75, 3.05) is 0 Å². The zero-order valence-corrected chi connectivity index (χ0v) is 19.3. The van der Waals surface area contributed by atoms with Gasteiger partial charge in [0.25, 0.3) is 5.91 Å². The predicted molar refractivity (Wildman–Crippen MR) is 123 cm³/mol. The molecule has 4 saturated carbocycles. The van der Waals surface area contributed by atoms with E-state index in [4.69, 9.17) is 0 Å². The first kappa shape index (κ1) is 20.6. The molecule has 2 heteroatoms. The molecule has 0 radical (unpaired) electrons. The van der Waals surface area contributed by atoms with Crippen LogP contribution in [0.4, 0.5) is 0 Å². The summed E-state index contributed by atoms with van der Waals surface area (Å²) in [5.74, 6) is 6.59. The fourth-order valence-electron chi connectivity index (χ4n) is 8.93. The van der Waals surface area contributed by atoms with Crippen molar-refractivity contribution in [3.63, 3.8) is 0 Å². The molecule has 0 spiro atoms. The number of hydrogen-bond donors (Lipinski definition) is 1. The normalized spacial score (nSPS) is 43.8. The number of hydrogen-bond acceptors (Lipinski definition) is 1. The van der Waals surface area contributed by atoms with E-state index in [1.165, 1.54) is 57.8 Å². The Morgan fingerprint density at radius 2 is 1.73 bits per heavy atom. The first-order valence-corrected chi connectivity index (χ1v) is 12.8. The molecule has 4 fully saturated rings. The van der Waals surface area contributed by atoms with E-state index in [0.717, 1.165) is 41.1 Å². The van der Waals surface area contributed by atoms with E-state index >= 15 is 0 Å². The topological polar surface area (TPSA) is 29.1 Å². The van der Waals surface area contributed by atoms with E-state index in [1.807, 2.05) is 30.3 Å². The Kier molecular flexibility index (Phi) is 5.48. The van der Waals surface area contributed by atoms with Gasteiger partial charge in [-0.15, -0.1) is 0 Å². The Bertz CT molecular complexity index is 759. The summed E-state index contributed by atoms with van der Waals surface area (Å²) in [6.07, 6.45) is 13.0. The van der Waals surface area contributed by atoms with Gasteiger partial charge in [-0.1, -0.05) is 38.5 Å². The molecule has 4 aliphatic carbocycles. The molecule has 4 aliphatic rings. The Labute approximate surface area is 183 Å². The maximum atomic E-state index is 12.8. The summed E-state index contributed by atoms with van der Waals surface area (Å²) in [7, 11) is 0. The van der Waals surface area contributed by atoms with Crippen LogP contribution in [0, 0.1) is 46.8 Å². The number of rotatable bonds is 3. The van der Waals surface area contributed by atoms with Gasteiger partial charge in [-0.3, -0.25) is 4.79 Å². The van der Waals surface area contributed by atoms with Crippen LogP contribution in [0.5, 0.6) is 0 Å². The average Bonchev–Trinajstić information content (AvgIpc) is 3.11. The summed E-state index contributed by atoms with van der Waals surface area (Å²) in [4.78, 5) is 12.8. The van der Waals surface area contributed by atoms with Gasteiger partial charge in [-0.2, -0.15) is 0 Å². The van der Waals surface area contributed by atoms with Crippen molar-refractivity contribution in [3.05, 3.63) is 35.9 Å². The van der Waals surface area contributed by atoms with Crippen molar-refractivity contribution in [1.29, 1.82) is 0 Å². The van der Waals surface area contributed by atoms with E-state index in [1.54, 1.807) is 0 Å². The number of amides is 1. The SMILES string of the molecule is CC1CC[C@@H]2C3CC[C@]4(C)C(C(C)NC(=O)c5ccccc5)CCC4[C@@H]3CC[C@@H]2C1. The van der Waals surface area contributed by atoms with Crippen LogP contribution in [-0.4, -0.2) is 11.9 Å². The fraction of sp³-hybridized carbons (Fsp3) is 0.750. The van der Waals surface area contributed by atoms with E-state index in [0.29, 0.717) is 11.3 Å². The van der Waals surface area contributed by atoms with E-state index in [-0.39, 0.29) is 11.9 Å². The molecule has 9 atom stereocenters. The van der Waals surface area contributed by atoms with Gasteiger partial charge in [-0.25, -0.2) is 0 Å². The molecule has 0 heterocycles. The average molecular weight is 408 g/mol. The number of carbonyl (C=O) groups is 1. The van der Waals surface area contributed by atoms with Crippen LogP contribution in [0.1, 0.15) is 88.9 Å².